The van der Waals surface area contributed by atoms with Crippen molar-refractivity contribution in [1.82, 2.24) is 4.98 Å². The number of anilines is 1. The zero-order valence-corrected chi connectivity index (χ0v) is 26.3. The first-order chi connectivity index (χ1) is 22.1. The first-order valence-electron chi connectivity index (χ1n) is 16.0. The second-order valence-corrected chi connectivity index (χ2v) is 13.1. The van der Waals surface area contributed by atoms with E-state index >= 15 is 0 Å². The number of aryl methyl sites for hydroxylation is 1. The maximum Gasteiger partial charge on any atom is 0.345 e. The number of hydrogen-bond acceptors (Lipinski definition) is 7. The van der Waals surface area contributed by atoms with E-state index in [9.17, 15) is 9.90 Å². The molecule has 1 aliphatic carbocycles. The molecule has 7 heteroatoms. The molecule has 0 bridgehead atoms. The zero-order valence-electron chi connectivity index (χ0n) is 25.5. The molecule has 0 radical (unpaired) electrons. The van der Waals surface area contributed by atoms with Gasteiger partial charge >= 0.3 is 5.63 Å². The highest BCUT2D eigenvalue weighted by atomic mass is 32.1. The van der Waals surface area contributed by atoms with Gasteiger partial charge in [0.2, 0.25) is 5.13 Å². The number of benzene rings is 3. The van der Waals surface area contributed by atoms with Gasteiger partial charge in [0, 0.05) is 23.6 Å². The van der Waals surface area contributed by atoms with Gasteiger partial charge in [-0.15, -0.1) is 0 Å². The van der Waals surface area contributed by atoms with Gasteiger partial charge < -0.3 is 9.52 Å². The summed E-state index contributed by atoms with van der Waals surface area (Å²) in [4.78, 5) is 18.8. The van der Waals surface area contributed by atoms with Gasteiger partial charge in [-0.2, -0.15) is 5.10 Å². The molecule has 228 valence electrons. The van der Waals surface area contributed by atoms with Crippen LogP contribution in [0.3, 0.4) is 0 Å². The molecule has 2 atom stereocenters. The highest BCUT2D eigenvalue weighted by Crippen LogP contribution is 2.47. The molecule has 1 aliphatic heterocycles. The van der Waals surface area contributed by atoms with Crippen LogP contribution in [0.15, 0.2) is 105 Å². The molecule has 0 unspecified atom stereocenters. The molecule has 6 nitrogen and oxygen atoms in total. The molecule has 1 N–H and O–H groups in total. The second-order valence-electron chi connectivity index (χ2n) is 12.0. The third-order valence-corrected chi connectivity index (χ3v) is 9.99. The molecular formula is C38H37N3O3S. The largest absolute Gasteiger partial charge is 0.508 e. The van der Waals surface area contributed by atoms with Crippen LogP contribution in [0.5, 0.6) is 5.75 Å². The lowest BCUT2D eigenvalue weighted by atomic mass is 9.77. The van der Waals surface area contributed by atoms with Crippen LogP contribution in [0.25, 0.3) is 27.5 Å². The van der Waals surface area contributed by atoms with Crippen molar-refractivity contribution >= 4 is 39.2 Å². The van der Waals surface area contributed by atoms with E-state index in [4.69, 9.17) is 14.5 Å². The number of unbranched alkanes of at least 4 members (excludes halogenated alkanes) is 3. The number of phenolic OH excluding ortho intramolecular Hbond substituents is 1. The Morgan fingerprint density at radius 2 is 1.82 bits per heavy atom. The molecule has 1 saturated carbocycles. The van der Waals surface area contributed by atoms with E-state index in [0.29, 0.717) is 11.1 Å². The number of hydrazone groups is 1. The molecule has 1 fully saturated rings. The van der Waals surface area contributed by atoms with Gasteiger partial charge in [0.05, 0.1) is 22.2 Å². The van der Waals surface area contributed by atoms with Crippen molar-refractivity contribution in [2.24, 2.45) is 11.0 Å². The fraction of sp³-hybridized carbons (Fsp3) is 0.289. The predicted octanol–water partition coefficient (Wildman–Crippen LogP) is 9.55. The van der Waals surface area contributed by atoms with Crippen molar-refractivity contribution in [1.29, 1.82) is 0 Å². The van der Waals surface area contributed by atoms with Crippen LogP contribution < -0.4 is 10.6 Å². The van der Waals surface area contributed by atoms with E-state index in [1.54, 1.807) is 12.3 Å². The molecule has 0 amide bonds. The number of allylic oxidation sites excluding steroid dienone is 1. The van der Waals surface area contributed by atoms with Crippen LogP contribution in [0.2, 0.25) is 0 Å². The maximum absolute atomic E-state index is 13.2. The Bertz CT molecular complexity index is 1930. The van der Waals surface area contributed by atoms with Crippen molar-refractivity contribution in [3.63, 3.8) is 0 Å². The van der Waals surface area contributed by atoms with Crippen LogP contribution in [-0.4, -0.2) is 15.8 Å². The molecule has 7 rings (SSSR count). The van der Waals surface area contributed by atoms with Gasteiger partial charge in [-0.25, -0.2) is 14.8 Å². The molecule has 3 aromatic carbocycles. The van der Waals surface area contributed by atoms with E-state index in [0.717, 1.165) is 71.6 Å². The molecule has 0 saturated heterocycles. The molecular weight excluding hydrogens is 579 g/mol. The summed E-state index contributed by atoms with van der Waals surface area (Å²) in [5, 5.41) is 19.5. The fourth-order valence-electron chi connectivity index (χ4n) is 6.70. The SMILES string of the molecule is CCCCCCc1cc2cc(-c3cnc(N4N=C5/C(=C/c6ccccc6)CCC[C@H]5[C@H]4c4ccccc4)s3)c(=O)oc2cc1O. The lowest BCUT2D eigenvalue weighted by Crippen LogP contribution is -2.27. The van der Waals surface area contributed by atoms with E-state index in [-0.39, 0.29) is 17.7 Å². The van der Waals surface area contributed by atoms with E-state index in [2.05, 4.69) is 66.5 Å². The number of hydrogen-bond donors (Lipinski definition) is 1. The molecule has 3 heterocycles. The van der Waals surface area contributed by atoms with E-state index in [1.165, 1.54) is 34.5 Å². The van der Waals surface area contributed by atoms with Gasteiger partial charge in [0.1, 0.15) is 11.3 Å². The zero-order chi connectivity index (χ0) is 30.8. The van der Waals surface area contributed by atoms with E-state index in [1.807, 2.05) is 24.3 Å². The minimum absolute atomic E-state index is 0.0194. The Morgan fingerprint density at radius 3 is 2.62 bits per heavy atom. The number of phenols is 1. The summed E-state index contributed by atoms with van der Waals surface area (Å²) in [7, 11) is 0. The standard InChI is InChI=1S/C38H37N3O3S/c1-2-3-4-9-17-27-21-29-22-31(37(43)44-33(29)23-32(27)42)34-24-39-38(45-34)41-36(26-15-10-6-11-16-26)30-19-12-18-28(35(30)40-41)20-25-13-7-5-8-14-25/h5-8,10-11,13-16,20-24,30,36,42H,2-4,9,12,17-19H2,1H3/b28-20+/t30-,36-/m1/s1. The third-order valence-electron chi connectivity index (χ3n) is 8.97. The van der Waals surface area contributed by atoms with Crippen LogP contribution in [0.1, 0.15) is 74.6 Å². The Labute approximate surface area is 267 Å². The number of aromatic hydroxyl groups is 1. The first-order valence-corrected chi connectivity index (χ1v) is 16.9. The maximum atomic E-state index is 13.2. The summed E-state index contributed by atoms with van der Waals surface area (Å²) in [6.45, 7) is 2.19. The van der Waals surface area contributed by atoms with Gasteiger partial charge in [0.25, 0.3) is 0 Å². The monoisotopic (exact) mass is 615 g/mol. The summed E-state index contributed by atoms with van der Waals surface area (Å²) < 4.78 is 5.71. The average Bonchev–Trinajstić information content (AvgIpc) is 3.70. The van der Waals surface area contributed by atoms with Crippen molar-refractivity contribution in [3.8, 4) is 16.2 Å². The van der Waals surface area contributed by atoms with Gasteiger partial charge in [0.15, 0.2) is 0 Å². The highest BCUT2D eigenvalue weighted by Gasteiger charge is 2.42. The Kier molecular flexibility index (Phi) is 8.35. The van der Waals surface area contributed by atoms with Crippen molar-refractivity contribution in [3.05, 3.63) is 118 Å². The lowest BCUT2D eigenvalue weighted by molar-refractivity contribution is 0.464. The molecule has 2 aromatic heterocycles. The topological polar surface area (TPSA) is 78.9 Å². The summed E-state index contributed by atoms with van der Waals surface area (Å²) in [6.07, 6.45) is 12.5. The third kappa shape index (κ3) is 5.97. The molecule has 5 aromatic rings. The summed E-state index contributed by atoms with van der Waals surface area (Å²) in [5.74, 6) is 0.426. The van der Waals surface area contributed by atoms with Crippen LogP contribution >= 0.6 is 11.3 Å². The van der Waals surface area contributed by atoms with Gasteiger partial charge in [-0.1, -0.05) is 98.2 Å². The second kappa shape index (κ2) is 12.9. The molecule has 0 spiro atoms. The van der Waals surface area contributed by atoms with E-state index < -0.39 is 5.63 Å². The number of rotatable bonds is 9. The molecule has 2 aliphatic rings. The smallest absolute Gasteiger partial charge is 0.345 e. The Hall–Kier alpha value is -4.49. The lowest BCUT2D eigenvalue weighted by Gasteiger charge is -2.29. The normalized spacial score (nSPS) is 18.8. The van der Waals surface area contributed by atoms with Crippen molar-refractivity contribution < 1.29 is 9.52 Å². The summed E-state index contributed by atoms with van der Waals surface area (Å²) in [6, 6.07) is 26.4. The first kappa shape index (κ1) is 29.2. The van der Waals surface area contributed by atoms with Crippen LogP contribution in [0.4, 0.5) is 5.13 Å². The summed E-state index contributed by atoms with van der Waals surface area (Å²) >= 11 is 1.46. The van der Waals surface area contributed by atoms with Crippen LogP contribution in [-0.2, 0) is 6.42 Å². The Morgan fingerprint density at radius 1 is 1.02 bits per heavy atom. The van der Waals surface area contributed by atoms with Crippen molar-refractivity contribution in [2.45, 2.75) is 64.3 Å². The highest BCUT2D eigenvalue weighted by molar-refractivity contribution is 7.18. The number of aromatic nitrogens is 1. The number of thiazole rings is 1. The quantitative estimate of drug-likeness (QED) is 0.132. The van der Waals surface area contributed by atoms with Gasteiger partial charge in [-0.05, 0) is 72.6 Å². The van der Waals surface area contributed by atoms with Gasteiger partial charge in [-0.3, -0.25) is 0 Å². The predicted molar refractivity (Wildman–Crippen MR) is 184 cm³/mol. The molecule has 45 heavy (non-hydrogen) atoms. The summed E-state index contributed by atoms with van der Waals surface area (Å²) in [5.41, 5.74) is 6.09. The fourth-order valence-corrected chi connectivity index (χ4v) is 7.61. The number of fused-ring (bicyclic) bond motifs is 2. The minimum Gasteiger partial charge on any atom is -0.508 e. The van der Waals surface area contributed by atoms with Crippen molar-refractivity contribution in [2.75, 3.05) is 5.01 Å². The van der Waals surface area contributed by atoms with Crippen LogP contribution in [0, 0.1) is 5.92 Å². The average molecular weight is 616 g/mol. The number of nitrogens with zero attached hydrogens (tertiary/aromatic N) is 3. The Balaban J connectivity index is 1.25. The minimum atomic E-state index is -0.443.